The summed E-state index contributed by atoms with van der Waals surface area (Å²) >= 11 is 0. The van der Waals surface area contributed by atoms with Gasteiger partial charge < -0.3 is 14.2 Å². The molecule has 4 rings (SSSR count). The normalized spacial score (nSPS) is 41.4. The number of epoxide rings is 2. The van der Waals surface area contributed by atoms with Gasteiger partial charge in [0.15, 0.2) is 5.82 Å². The van der Waals surface area contributed by atoms with Gasteiger partial charge in [0.2, 0.25) is 0 Å². The number of fused-ring (bicyclic) bond motifs is 1. The lowest BCUT2D eigenvalue weighted by Gasteiger charge is -2.33. The molecule has 2 aliphatic heterocycles. The second-order valence-corrected chi connectivity index (χ2v) is 6.22. The Morgan fingerprint density at radius 1 is 1.25 bits per heavy atom. The van der Waals surface area contributed by atoms with E-state index in [0.29, 0.717) is 6.61 Å². The molecule has 3 aliphatic rings. The summed E-state index contributed by atoms with van der Waals surface area (Å²) in [7, 11) is 1.73. The molecule has 0 N–H and O–H groups in total. The summed E-state index contributed by atoms with van der Waals surface area (Å²) in [5, 5.41) is 1.96. The van der Waals surface area contributed by atoms with Crippen molar-refractivity contribution in [2.45, 2.75) is 37.1 Å². The Morgan fingerprint density at radius 2 is 2.00 bits per heavy atom. The molecule has 0 bridgehead atoms. The van der Waals surface area contributed by atoms with Gasteiger partial charge in [-0.25, -0.2) is 9.97 Å². The highest BCUT2D eigenvalue weighted by Crippen LogP contribution is 2.44. The van der Waals surface area contributed by atoms with Crippen molar-refractivity contribution in [3.05, 3.63) is 22.6 Å². The standard InChI is InChI=1S/C15H18N2O3/c1-13(8-19-13)12-16-7-10-4-5-15(18-3,6-11(10)17-12)14(2)9-20-14/h4,6-7H,5,8-9H2,1-3H3. The van der Waals surface area contributed by atoms with Crippen LogP contribution >= 0.6 is 0 Å². The predicted octanol–water partition coefficient (Wildman–Crippen LogP) is -0.139. The second kappa shape index (κ2) is 3.67. The van der Waals surface area contributed by atoms with E-state index >= 15 is 0 Å². The molecule has 2 fully saturated rings. The second-order valence-electron chi connectivity index (χ2n) is 6.22. The van der Waals surface area contributed by atoms with Crippen LogP contribution in [0.1, 0.15) is 26.1 Å². The lowest BCUT2D eigenvalue weighted by atomic mass is 9.83. The fourth-order valence-electron chi connectivity index (χ4n) is 2.79. The molecule has 2 saturated heterocycles. The first kappa shape index (κ1) is 12.4. The van der Waals surface area contributed by atoms with Gasteiger partial charge in [0, 0.05) is 24.9 Å². The van der Waals surface area contributed by atoms with Gasteiger partial charge in [-0.1, -0.05) is 6.08 Å². The summed E-state index contributed by atoms with van der Waals surface area (Å²) < 4.78 is 16.8. The molecule has 0 spiro atoms. The van der Waals surface area contributed by atoms with Crippen molar-refractivity contribution in [2.24, 2.45) is 0 Å². The van der Waals surface area contributed by atoms with Crippen LogP contribution in [0.4, 0.5) is 0 Å². The van der Waals surface area contributed by atoms with Crippen molar-refractivity contribution >= 4 is 12.2 Å². The zero-order valence-electron chi connectivity index (χ0n) is 12.0. The maximum Gasteiger partial charge on any atom is 0.163 e. The topological polar surface area (TPSA) is 60.1 Å². The van der Waals surface area contributed by atoms with Crippen LogP contribution in [0.25, 0.3) is 12.2 Å². The summed E-state index contributed by atoms with van der Waals surface area (Å²) in [6, 6.07) is 0. The summed E-state index contributed by atoms with van der Waals surface area (Å²) in [5.74, 6) is 0.745. The molecule has 0 saturated carbocycles. The molecule has 20 heavy (non-hydrogen) atoms. The van der Waals surface area contributed by atoms with E-state index in [0.717, 1.165) is 29.4 Å². The molecule has 1 aromatic rings. The van der Waals surface area contributed by atoms with Crippen molar-refractivity contribution in [2.75, 3.05) is 20.3 Å². The third kappa shape index (κ3) is 1.60. The molecule has 106 valence electrons. The van der Waals surface area contributed by atoms with Crippen molar-refractivity contribution in [1.29, 1.82) is 0 Å². The van der Waals surface area contributed by atoms with Gasteiger partial charge in [0.1, 0.15) is 16.8 Å². The van der Waals surface area contributed by atoms with Crippen molar-refractivity contribution in [3.8, 4) is 0 Å². The zero-order chi connectivity index (χ0) is 14.0. The van der Waals surface area contributed by atoms with Crippen LogP contribution in [0.2, 0.25) is 0 Å². The molecule has 5 nitrogen and oxygen atoms in total. The van der Waals surface area contributed by atoms with Gasteiger partial charge in [-0.3, -0.25) is 0 Å². The van der Waals surface area contributed by atoms with E-state index in [2.05, 4.69) is 29.0 Å². The van der Waals surface area contributed by atoms with Crippen LogP contribution in [-0.4, -0.2) is 41.5 Å². The van der Waals surface area contributed by atoms with Gasteiger partial charge in [0.05, 0.1) is 18.6 Å². The highest BCUT2D eigenvalue weighted by atomic mass is 16.6. The predicted molar refractivity (Wildman–Crippen MR) is 72.2 cm³/mol. The minimum absolute atomic E-state index is 0.249. The largest absolute Gasteiger partial charge is 0.371 e. The van der Waals surface area contributed by atoms with E-state index in [1.807, 2.05) is 13.1 Å². The van der Waals surface area contributed by atoms with Crippen LogP contribution in [0.15, 0.2) is 6.20 Å². The van der Waals surface area contributed by atoms with Gasteiger partial charge in [0.25, 0.3) is 0 Å². The van der Waals surface area contributed by atoms with Gasteiger partial charge in [-0.05, 0) is 19.9 Å². The highest BCUT2D eigenvalue weighted by molar-refractivity contribution is 5.49. The van der Waals surface area contributed by atoms with Crippen molar-refractivity contribution in [1.82, 2.24) is 9.97 Å². The summed E-state index contributed by atoms with van der Waals surface area (Å²) in [4.78, 5) is 9.09. The Labute approximate surface area is 117 Å². The van der Waals surface area contributed by atoms with Gasteiger partial charge in [-0.2, -0.15) is 0 Å². The molecule has 0 radical (unpaired) electrons. The molecule has 3 heterocycles. The Hall–Kier alpha value is -1.30. The summed E-state index contributed by atoms with van der Waals surface area (Å²) in [6.45, 7) is 5.50. The van der Waals surface area contributed by atoms with E-state index in [1.165, 1.54) is 0 Å². The minimum atomic E-state index is -0.434. The quantitative estimate of drug-likeness (QED) is 0.718. The average molecular weight is 274 g/mol. The third-order valence-corrected chi connectivity index (χ3v) is 4.73. The van der Waals surface area contributed by atoms with Gasteiger partial charge in [-0.15, -0.1) is 0 Å². The SMILES string of the molecule is COC1(C2(C)CO2)C=c2nc(C3(C)CO3)ncc2=CC1. The van der Waals surface area contributed by atoms with E-state index in [1.54, 1.807) is 7.11 Å². The average Bonchev–Trinajstić information content (AvgIpc) is 3.38. The lowest BCUT2D eigenvalue weighted by molar-refractivity contribution is -0.0115. The van der Waals surface area contributed by atoms with Crippen molar-refractivity contribution in [3.63, 3.8) is 0 Å². The molecule has 1 aromatic heterocycles. The Kier molecular flexibility index (Phi) is 2.28. The maximum atomic E-state index is 5.80. The highest BCUT2D eigenvalue weighted by Gasteiger charge is 2.57. The molecular formula is C15H18N2O3. The summed E-state index contributed by atoms with van der Waals surface area (Å²) in [5.41, 5.74) is -0.992. The van der Waals surface area contributed by atoms with Crippen molar-refractivity contribution < 1.29 is 14.2 Å². The van der Waals surface area contributed by atoms with Gasteiger partial charge >= 0.3 is 0 Å². The smallest absolute Gasteiger partial charge is 0.163 e. The molecular weight excluding hydrogens is 256 g/mol. The number of hydrogen-bond donors (Lipinski definition) is 0. The zero-order valence-corrected chi connectivity index (χ0v) is 12.0. The Morgan fingerprint density at radius 3 is 2.60 bits per heavy atom. The first-order chi connectivity index (χ1) is 9.50. The number of ether oxygens (including phenoxy) is 3. The fraction of sp³-hybridized carbons (Fsp3) is 0.600. The van der Waals surface area contributed by atoms with E-state index in [9.17, 15) is 0 Å². The maximum absolute atomic E-state index is 5.80. The molecule has 3 atom stereocenters. The number of hydrogen-bond acceptors (Lipinski definition) is 5. The van der Waals surface area contributed by atoms with E-state index in [4.69, 9.17) is 14.2 Å². The first-order valence-electron chi connectivity index (χ1n) is 6.90. The Balaban J connectivity index is 1.86. The molecule has 0 aromatic carbocycles. The fourth-order valence-corrected chi connectivity index (χ4v) is 2.79. The third-order valence-electron chi connectivity index (χ3n) is 4.73. The lowest BCUT2D eigenvalue weighted by Crippen LogP contribution is -2.50. The number of rotatable bonds is 3. The van der Waals surface area contributed by atoms with E-state index in [-0.39, 0.29) is 11.2 Å². The van der Waals surface area contributed by atoms with Crippen LogP contribution in [0.5, 0.6) is 0 Å². The monoisotopic (exact) mass is 274 g/mol. The number of nitrogens with zero attached hydrogens (tertiary/aromatic N) is 2. The number of methoxy groups -OCH3 is 1. The molecule has 3 unspecified atom stereocenters. The molecule has 5 heteroatoms. The van der Waals surface area contributed by atoms with E-state index < -0.39 is 5.60 Å². The summed E-state index contributed by atoms with van der Waals surface area (Å²) in [6.07, 6.45) is 6.87. The van der Waals surface area contributed by atoms with Crippen LogP contribution in [0, 0.1) is 0 Å². The molecule has 1 aliphatic carbocycles. The number of aromatic nitrogens is 2. The Bertz CT molecular complexity index is 692. The van der Waals surface area contributed by atoms with Crippen LogP contribution in [-0.2, 0) is 19.8 Å². The first-order valence-corrected chi connectivity index (χ1v) is 6.90. The minimum Gasteiger partial charge on any atom is -0.371 e. The van der Waals surface area contributed by atoms with Crippen LogP contribution in [0.3, 0.4) is 0 Å². The van der Waals surface area contributed by atoms with Crippen LogP contribution < -0.4 is 10.6 Å². The molecule has 0 amide bonds.